The summed E-state index contributed by atoms with van der Waals surface area (Å²) in [5.74, 6) is -14.1. The van der Waals surface area contributed by atoms with Crippen molar-refractivity contribution in [3.05, 3.63) is 11.1 Å². The third-order valence-electron chi connectivity index (χ3n) is 3.57. The van der Waals surface area contributed by atoms with Gasteiger partial charge in [0.2, 0.25) is 17.4 Å². The highest BCUT2D eigenvalue weighted by atomic mass is 16.8. The van der Waals surface area contributed by atoms with Crippen molar-refractivity contribution in [1.29, 1.82) is 0 Å². The quantitative estimate of drug-likeness (QED) is 0.132. The van der Waals surface area contributed by atoms with Gasteiger partial charge in [0.1, 0.15) is 0 Å². The third kappa shape index (κ3) is 4.29. The van der Waals surface area contributed by atoms with E-state index in [9.17, 15) is 50.4 Å². The number of benzene rings is 1. The van der Waals surface area contributed by atoms with Crippen LogP contribution in [0.4, 0.5) is 0 Å². The van der Waals surface area contributed by atoms with Crippen molar-refractivity contribution in [1.82, 2.24) is 10.6 Å². The van der Waals surface area contributed by atoms with Crippen LogP contribution in [0.3, 0.4) is 0 Å². The summed E-state index contributed by atoms with van der Waals surface area (Å²) in [6.07, 6.45) is 0. The Bertz CT molecular complexity index is 731. The number of hydrogen-bond acceptors (Lipinski definition) is 11. The molecular formula is C14H20N2O11. The van der Waals surface area contributed by atoms with Crippen LogP contribution in [-0.2, 0) is 20.2 Å². The van der Waals surface area contributed by atoms with E-state index in [1.807, 2.05) is 0 Å². The molecular weight excluding hydrogens is 372 g/mol. The average Bonchev–Trinajstić information content (AvgIpc) is 2.55. The number of phenolic OH excluding ortho intramolecular Hbond substituents is 4. The first-order chi connectivity index (χ1) is 12.2. The van der Waals surface area contributed by atoms with E-state index >= 15 is 0 Å². The molecule has 0 fully saturated rings. The lowest BCUT2D eigenvalue weighted by atomic mass is 10.0. The fourth-order valence-corrected chi connectivity index (χ4v) is 2.20. The van der Waals surface area contributed by atoms with Crippen LogP contribution in [0.1, 0.15) is 18.1 Å². The van der Waals surface area contributed by atoms with Gasteiger partial charge in [0.15, 0.2) is 17.5 Å². The maximum atomic E-state index is 12.2. The standard InChI is InChI=1S/C14H20N2O11/c1-4-6(8(19)10(21)9(20)7(4)18)13(23,24)16-12(22)11(15-5(2)17)14(25,26)27-3/h11,18-21,23-26H,1-3H3,(H,15,17)(H,16,22). The Morgan fingerprint density at radius 1 is 0.963 bits per heavy atom. The highest BCUT2D eigenvalue weighted by molar-refractivity contribution is 5.88. The van der Waals surface area contributed by atoms with Crippen LogP contribution >= 0.6 is 0 Å². The molecule has 0 saturated heterocycles. The molecule has 0 spiro atoms. The Morgan fingerprint density at radius 3 is 1.89 bits per heavy atom. The van der Waals surface area contributed by atoms with Gasteiger partial charge < -0.3 is 50.9 Å². The number of carbonyl (C=O) groups excluding carboxylic acids is 2. The molecule has 1 unspecified atom stereocenters. The summed E-state index contributed by atoms with van der Waals surface area (Å²) in [4.78, 5) is 23.4. The monoisotopic (exact) mass is 392 g/mol. The summed E-state index contributed by atoms with van der Waals surface area (Å²) in [7, 11) is 0.777. The van der Waals surface area contributed by atoms with Gasteiger partial charge in [-0.15, -0.1) is 0 Å². The zero-order valence-electron chi connectivity index (χ0n) is 14.4. The molecule has 0 aliphatic rings. The number of hydrogen-bond donors (Lipinski definition) is 10. The van der Waals surface area contributed by atoms with Gasteiger partial charge in [0.25, 0.3) is 11.8 Å². The highest BCUT2D eigenvalue weighted by Crippen LogP contribution is 2.49. The second-order valence-electron chi connectivity index (χ2n) is 5.55. The number of aromatic hydroxyl groups is 4. The molecule has 0 radical (unpaired) electrons. The van der Waals surface area contributed by atoms with Crippen molar-refractivity contribution in [2.75, 3.05) is 7.11 Å². The van der Waals surface area contributed by atoms with Gasteiger partial charge in [-0.3, -0.25) is 14.9 Å². The first-order valence-corrected chi connectivity index (χ1v) is 7.18. The molecule has 1 atom stereocenters. The SMILES string of the molecule is COC(O)(O)C(NC(C)=O)C(=O)NC(O)(O)c1c(C)c(O)c(O)c(O)c1O. The molecule has 10 N–H and O–H groups in total. The van der Waals surface area contributed by atoms with E-state index in [2.05, 4.69) is 4.74 Å². The lowest BCUT2D eigenvalue weighted by molar-refractivity contribution is -0.335. The third-order valence-corrected chi connectivity index (χ3v) is 3.57. The number of carbonyl (C=O) groups is 2. The Labute approximate surface area is 151 Å². The van der Waals surface area contributed by atoms with Gasteiger partial charge >= 0.3 is 5.97 Å². The molecule has 0 aliphatic heterocycles. The van der Waals surface area contributed by atoms with Crippen LogP contribution < -0.4 is 10.6 Å². The number of rotatable bonds is 6. The minimum Gasteiger partial charge on any atom is -0.504 e. The minimum absolute atomic E-state index is 0.546. The molecule has 1 aromatic carbocycles. The van der Waals surface area contributed by atoms with Crippen molar-refractivity contribution >= 4 is 11.8 Å². The second-order valence-corrected chi connectivity index (χ2v) is 5.55. The molecule has 27 heavy (non-hydrogen) atoms. The van der Waals surface area contributed by atoms with Crippen LogP contribution in [0, 0.1) is 6.92 Å². The van der Waals surface area contributed by atoms with Crippen molar-refractivity contribution < 1.29 is 55.2 Å². The largest absolute Gasteiger partial charge is 0.504 e. The fraction of sp³-hybridized carbons (Fsp3) is 0.429. The zero-order chi connectivity index (χ0) is 21.3. The molecule has 2 amide bonds. The summed E-state index contributed by atoms with van der Waals surface area (Å²) in [5.41, 5.74) is -1.58. The van der Waals surface area contributed by atoms with Gasteiger partial charge in [0.05, 0.1) is 5.56 Å². The maximum absolute atomic E-state index is 12.2. The summed E-state index contributed by atoms with van der Waals surface area (Å²) in [5, 5.41) is 81.3. The number of aliphatic hydroxyl groups is 4. The smallest absolute Gasteiger partial charge is 0.308 e. The van der Waals surface area contributed by atoms with E-state index in [1.54, 1.807) is 5.32 Å². The van der Waals surface area contributed by atoms with E-state index < -0.39 is 63.9 Å². The predicted molar refractivity (Wildman–Crippen MR) is 83.9 cm³/mol. The van der Waals surface area contributed by atoms with Gasteiger partial charge in [-0.2, -0.15) is 0 Å². The molecule has 13 nitrogen and oxygen atoms in total. The number of amides is 2. The van der Waals surface area contributed by atoms with E-state index in [1.165, 1.54) is 5.32 Å². The van der Waals surface area contributed by atoms with Gasteiger partial charge in [-0.1, -0.05) is 0 Å². The molecule has 0 heterocycles. The summed E-state index contributed by atoms with van der Waals surface area (Å²) >= 11 is 0. The summed E-state index contributed by atoms with van der Waals surface area (Å²) in [6, 6.07) is -2.26. The molecule has 0 bridgehead atoms. The minimum atomic E-state index is -3.51. The molecule has 1 aromatic rings. The Kier molecular flexibility index (Phi) is 6.10. The molecule has 152 valence electrons. The lowest BCUT2D eigenvalue weighted by Gasteiger charge is -2.32. The van der Waals surface area contributed by atoms with Crippen molar-refractivity contribution in [2.24, 2.45) is 0 Å². The van der Waals surface area contributed by atoms with Gasteiger partial charge in [-0.05, 0) is 6.92 Å². The highest BCUT2D eigenvalue weighted by Gasteiger charge is 2.46. The van der Waals surface area contributed by atoms with Crippen LogP contribution in [0.15, 0.2) is 0 Å². The van der Waals surface area contributed by atoms with E-state index in [0.29, 0.717) is 0 Å². The first kappa shape index (κ1) is 22.2. The second kappa shape index (κ2) is 7.42. The lowest BCUT2D eigenvalue weighted by Crippen LogP contribution is -2.63. The number of phenols is 4. The molecule has 13 heteroatoms. The summed E-state index contributed by atoms with van der Waals surface area (Å²) < 4.78 is 4.25. The Morgan fingerprint density at radius 2 is 1.44 bits per heavy atom. The van der Waals surface area contributed by atoms with Crippen LogP contribution in [-0.4, -0.2) is 71.8 Å². The van der Waals surface area contributed by atoms with E-state index in [0.717, 1.165) is 21.0 Å². The van der Waals surface area contributed by atoms with Gasteiger partial charge in [-0.25, -0.2) is 0 Å². The number of nitrogens with one attached hydrogen (secondary N) is 2. The first-order valence-electron chi connectivity index (χ1n) is 7.18. The molecule has 0 aromatic heterocycles. The zero-order valence-corrected chi connectivity index (χ0v) is 14.4. The molecule has 0 aliphatic carbocycles. The topological polar surface area (TPSA) is 229 Å². The molecule has 0 saturated carbocycles. The summed E-state index contributed by atoms with van der Waals surface area (Å²) in [6.45, 7) is 1.92. The predicted octanol–water partition coefficient (Wildman–Crippen LogP) is -3.18. The fourth-order valence-electron chi connectivity index (χ4n) is 2.20. The Balaban J connectivity index is 3.38. The van der Waals surface area contributed by atoms with Crippen molar-refractivity contribution in [3.63, 3.8) is 0 Å². The number of methoxy groups -OCH3 is 1. The van der Waals surface area contributed by atoms with Crippen molar-refractivity contribution in [2.45, 2.75) is 31.8 Å². The average molecular weight is 392 g/mol. The normalized spacial score (nSPS) is 13.1. The van der Waals surface area contributed by atoms with Crippen LogP contribution in [0.25, 0.3) is 0 Å². The van der Waals surface area contributed by atoms with Crippen molar-refractivity contribution in [3.8, 4) is 23.0 Å². The van der Waals surface area contributed by atoms with E-state index in [-0.39, 0.29) is 0 Å². The van der Waals surface area contributed by atoms with E-state index in [4.69, 9.17) is 0 Å². The number of ether oxygens (including phenoxy) is 1. The molecule has 1 rings (SSSR count). The van der Waals surface area contributed by atoms with Crippen LogP contribution in [0.5, 0.6) is 23.0 Å². The van der Waals surface area contributed by atoms with Crippen LogP contribution in [0.2, 0.25) is 0 Å². The maximum Gasteiger partial charge on any atom is 0.308 e. The van der Waals surface area contributed by atoms with Gasteiger partial charge in [0, 0.05) is 19.6 Å². The Hall–Kier alpha value is -2.84.